The fourth-order valence-electron chi connectivity index (χ4n) is 1.42. The Morgan fingerprint density at radius 2 is 1.44 bits per heavy atom. The van der Waals surface area contributed by atoms with Gasteiger partial charge in [0.1, 0.15) is 5.56 Å². The van der Waals surface area contributed by atoms with Crippen LogP contribution in [0.5, 0.6) is 0 Å². The number of rotatable bonds is 5. The highest BCUT2D eigenvalue weighted by Gasteiger charge is 2.29. The number of nitro groups is 3. The highest BCUT2D eigenvalue weighted by Crippen LogP contribution is 2.33. The van der Waals surface area contributed by atoms with Crippen LogP contribution in [0.15, 0.2) is 12.1 Å². The number of nitrogens with zero attached hydrogens (tertiary/aromatic N) is 3. The van der Waals surface area contributed by atoms with Crippen LogP contribution < -0.4 is 5.32 Å². The lowest BCUT2D eigenvalue weighted by Gasteiger charge is -2.03. The molecule has 0 aliphatic heterocycles. The second-order valence-corrected chi connectivity index (χ2v) is 3.26. The van der Waals surface area contributed by atoms with E-state index in [0.29, 0.717) is 12.1 Å². The lowest BCUT2D eigenvalue weighted by atomic mass is 10.1. The summed E-state index contributed by atoms with van der Waals surface area (Å²) in [5.74, 6) is 0. The number of nitro benzene ring substituents is 3. The van der Waals surface area contributed by atoms with Gasteiger partial charge in [0, 0.05) is 6.54 Å². The summed E-state index contributed by atoms with van der Waals surface area (Å²) in [6.45, 7) is -0.134. The average molecular weight is 256 g/mol. The van der Waals surface area contributed by atoms with Gasteiger partial charge in [-0.15, -0.1) is 0 Å². The molecule has 0 saturated carbocycles. The monoisotopic (exact) mass is 256 g/mol. The first-order chi connectivity index (χ1) is 8.38. The topological polar surface area (TPSA) is 141 Å². The van der Waals surface area contributed by atoms with E-state index in [1.54, 1.807) is 0 Å². The van der Waals surface area contributed by atoms with Crippen molar-refractivity contribution in [1.29, 1.82) is 0 Å². The minimum absolute atomic E-state index is 0.134. The van der Waals surface area contributed by atoms with Gasteiger partial charge in [-0.3, -0.25) is 30.3 Å². The molecule has 0 heterocycles. The molecule has 1 rings (SSSR count). The van der Waals surface area contributed by atoms with Crippen LogP contribution >= 0.6 is 0 Å². The third-order valence-corrected chi connectivity index (χ3v) is 2.15. The van der Waals surface area contributed by atoms with Crippen LogP contribution in [0.2, 0.25) is 0 Å². The van der Waals surface area contributed by atoms with Crippen LogP contribution in [0.4, 0.5) is 17.1 Å². The summed E-state index contributed by atoms with van der Waals surface area (Å²) in [5.41, 5.74) is -2.18. The van der Waals surface area contributed by atoms with E-state index >= 15 is 0 Å². The largest absolute Gasteiger partial charge is 0.315 e. The van der Waals surface area contributed by atoms with E-state index in [2.05, 4.69) is 5.32 Å². The zero-order valence-corrected chi connectivity index (χ0v) is 9.15. The summed E-state index contributed by atoms with van der Waals surface area (Å²) in [7, 11) is 1.45. The first-order valence-corrected chi connectivity index (χ1v) is 4.63. The molecule has 0 atom stereocenters. The first kappa shape index (κ1) is 13.4. The van der Waals surface area contributed by atoms with E-state index in [1.807, 2.05) is 0 Å². The molecule has 10 heteroatoms. The lowest BCUT2D eigenvalue weighted by molar-refractivity contribution is -0.404. The maximum absolute atomic E-state index is 10.8. The molecule has 1 aromatic carbocycles. The molecule has 0 radical (unpaired) electrons. The Kier molecular flexibility index (Phi) is 3.84. The first-order valence-electron chi connectivity index (χ1n) is 4.63. The molecule has 96 valence electrons. The van der Waals surface area contributed by atoms with Gasteiger partial charge >= 0.3 is 0 Å². The van der Waals surface area contributed by atoms with E-state index in [1.165, 1.54) is 7.05 Å². The summed E-state index contributed by atoms with van der Waals surface area (Å²) in [5, 5.41) is 34.7. The molecule has 0 aliphatic carbocycles. The number of hydrogen-bond donors (Lipinski definition) is 1. The molecule has 0 spiro atoms. The van der Waals surface area contributed by atoms with Crippen LogP contribution in [0.1, 0.15) is 5.56 Å². The molecular formula is C8H8N4O6. The highest BCUT2D eigenvalue weighted by molar-refractivity contribution is 5.60. The van der Waals surface area contributed by atoms with Crippen molar-refractivity contribution >= 4 is 17.1 Å². The van der Waals surface area contributed by atoms with E-state index in [-0.39, 0.29) is 12.1 Å². The van der Waals surface area contributed by atoms with Gasteiger partial charge in [-0.05, 0) is 7.05 Å². The van der Waals surface area contributed by atoms with E-state index < -0.39 is 31.8 Å². The average Bonchev–Trinajstić information content (AvgIpc) is 2.28. The van der Waals surface area contributed by atoms with Gasteiger partial charge in [0.2, 0.25) is 0 Å². The molecule has 18 heavy (non-hydrogen) atoms. The fourth-order valence-corrected chi connectivity index (χ4v) is 1.42. The quantitative estimate of drug-likeness (QED) is 0.614. The minimum atomic E-state index is -0.914. The van der Waals surface area contributed by atoms with Crippen molar-refractivity contribution in [3.63, 3.8) is 0 Å². The van der Waals surface area contributed by atoms with Crippen LogP contribution in [-0.4, -0.2) is 21.8 Å². The lowest BCUT2D eigenvalue weighted by Crippen LogP contribution is -2.11. The second kappa shape index (κ2) is 5.14. The van der Waals surface area contributed by atoms with Crippen molar-refractivity contribution in [1.82, 2.24) is 5.32 Å². The smallest absolute Gasteiger partial charge is 0.287 e. The van der Waals surface area contributed by atoms with Crippen molar-refractivity contribution < 1.29 is 14.8 Å². The van der Waals surface area contributed by atoms with Crippen LogP contribution in [0.25, 0.3) is 0 Å². The molecule has 0 amide bonds. The summed E-state index contributed by atoms with van der Waals surface area (Å²) in [6, 6.07) is 1.42. The third-order valence-electron chi connectivity index (χ3n) is 2.15. The molecular weight excluding hydrogens is 248 g/mol. The zero-order chi connectivity index (χ0) is 13.9. The normalized spacial score (nSPS) is 10.1. The maximum Gasteiger partial charge on any atom is 0.287 e. The molecule has 0 unspecified atom stereocenters. The van der Waals surface area contributed by atoms with E-state index in [9.17, 15) is 30.3 Å². The van der Waals surface area contributed by atoms with Gasteiger partial charge < -0.3 is 5.32 Å². The highest BCUT2D eigenvalue weighted by atomic mass is 16.6. The Hall–Kier alpha value is -2.62. The van der Waals surface area contributed by atoms with Crippen molar-refractivity contribution in [3.05, 3.63) is 48.0 Å². The second-order valence-electron chi connectivity index (χ2n) is 3.26. The molecule has 0 bridgehead atoms. The fraction of sp³-hybridized carbons (Fsp3) is 0.250. The van der Waals surface area contributed by atoms with Crippen LogP contribution in [0.3, 0.4) is 0 Å². The van der Waals surface area contributed by atoms with Gasteiger partial charge in [0.05, 0.1) is 26.9 Å². The van der Waals surface area contributed by atoms with Crippen molar-refractivity contribution in [2.24, 2.45) is 0 Å². The molecule has 1 aromatic rings. The summed E-state index contributed by atoms with van der Waals surface area (Å²) < 4.78 is 0. The zero-order valence-electron chi connectivity index (χ0n) is 9.15. The summed E-state index contributed by atoms with van der Waals surface area (Å²) in [4.78, 5) is 29.4. The predicted molar refractivity (Wildman–Crippen MR) is 59.2 cm³/mol. The summed E-state index contributed by atoms with van der Waals surface area (Å²) in [6.07, 6.45) is 0. The van der Waals surface area contributed by atoms with E-state index in [0.717, 1.165) is 0 Å². The molecule has 0 aliphatic rings. The van der Waals surface area contributed by atoms with Gasteiger partial charge in [0.15, 0.2) is 0 Å². The predicted octanol–water partition coefficient (Wildman–Crippen LogP) is 1.13. The van der Waals surface area contributed by atoms with Crippen molar-refractivity contribution in [2.45, 2.75) is 6.54 Å². The molecule has 10 nitrogen and oxygen atoms in total. The Morgan fingerprint density at radius 1 is 1.00 bits per heavy atom. The number of non-ortho nitro benzene ring substituents is 1. The number of nitrogens with one attached hydrogen (secondary N) is 1. The third kappa shape index (κ3) is 2.55. The van der Waals surface area contributed by atoms with Crippen molar-refractivity contribution in [3.8, 4) is 0 Å². The van der Waals surface area contributed by atoms with Gasteiger partial charge in [-0.25, -0.2) is 0 Å². The number of benzene rings is 1. The molecule has 0 aromatic heterocycles. The van der Waals surface area contributed by atoms with Crippen molar-refractivity contribution in [2.75, 3.05) is 7.05 Å². The standard InChI is InChI=1S/C8H8N4O6/c1-9-4-6-7(11(15)16)2-5(10(13)14)3-8(6)12(17)18/h2-3,9H,4H2,1H3. The van der Waals surface area contributed by atoms with Gasteiger partial charge in [-0.1, -0.05) is 0 Å². The Labute approximate surface area is 99.7 Å². The molecule has 1 N–H and O–H groups in total. The maximum atomic E-state index is 10.8. The SMILES string of the molecule is CNCc1c([N+](=O)[O-])cc([N+](=O)[O-])cc1[N+](=O)[O-]. The Morgan fingerprint density at radius 3 is 1.72 bits per heavy atom. The molecule has 0 fully saturated rings. The van der Waals surface area contributed by atoms with Gasteiger partial charge in [0.25, 0.3) is 17.1 Å². The van der Waals surface area contributed by atoms with Crippen LogP contribution in [0, 0.1) is 30.3 Å². The Balaban J connectivity index is 3.59. The Bertz CT molecular complexity index is 493. The molecule has 0 saturated heterocycles. The van der Waals surface area contributed by atoms with E-state index in [4.69, 9.17) is 0 Å². The minimum Gasteiger partial charge on any atom is -0.315 e. The number of hydrogen-bond acceptors (Lipinski definition) is 7. The summed E-state index contributed by atoms with van der Waals surface area (Å²) >= 11 is 0. The van der Waals surface area contributed by atoms with Gasteiger partial charge in [-0.2, -0.15) is 0 Å². The van der Waals surface area contributed by atoms with Crippen LogP contribution in [-0.2, 0) is 6.54 Å².